The highest BCUT2D eigenvalue weighted by Crippen LogP contribution is 2.26. The van der Waals surface area contributed by atoms with Gasteiger partial charge < -0.3 is 5.73 Å². The van der Waals surface area contributed by atoms with Crippen molar-refractivity contribution in [1.82, 2.24) is 4.98 Å². The second-order valence-electron chi connectivity index (χ2n) is 4.06. The molecule has 0 radical (unpaired) electrons. The lowest BCUT2D eigenvalue weighted by Crippen LogP contribution is -2.06. The van der Waals surface area contributed by atoms with Gasteiger partial charge in [0, 0.05) is 23.5 Å². The van der Waals surface area contributed by atoms with Crippen molar-refractivity contribution in [2.45, 2.75) is 19.9 Å². The first-order valence-corrected chi connectivity index (χ1v) is 5.46. The Balaban J connectivity index is 2.51. The van der Waals surface area contributed by atoms with Crippen LogP contribution in [0.2, 0.25) is 0 Å². The van der Waals surface area contributed by atoms with Crippen LogP contribution in [0.1, 0.15) is 24.2 Å². The van der Waals surface area contributed by atoms with Crippen molar-refractivity contribution in [1.29, 1.82) is 0 Å². The largest absolute Gasteiger partial charge is 0.324 e. The van der Waals surface area contributed by atoms with Crippen molar-refractivity contribution in [3.63, 3.8) is 0 Å². The highest BCUT2D eigenvalue weighted by atomic mass is 14.7. The van der Waals surface area contributed by atoms with Gasteiger partial charge in [0.25, 0.3) is 0 Å². The van der Waals surface area contributed by atoms with Gasteiger partial charge >= 0.3 is 0 Å². The number of pyridine rings is 1. The van der Waals surface area contributed by atoms with Gasteiger partial charge in [-0.15, -0.1) is 0 Å². The summed E-state index contributed by atoms with van der Waals surface area (Å²) in [6.45, 7) is 3.99. The third-order valence-electron chi connectivity index (χ3n) is 2.67. The Hall–Kier alpha value is -1.67. The Morgan fingerprint density at radius 1 is 1.12 bits per heavy atom. The third-order valence-corrected chi connectivity index (χ3v) is 2.67. The molecule has 2 N–H and O–H groups in total. The molecule has 0 amide bonds. The number of nitrogens with zero attached hydrogens (tertiary/aromatic N) is 1. The van der Waals surface area contributed by atoms with Crippen LogP contribution in [0.5, 0.6) is 0 Å². The average molecular weight is 212 g/mol. The minimum Gasteiger partial charge on any atom is -0.324 e. The zero-order valence-corrected chi connectivity index (χ0v) is 9.64. The fourth-order valence-corrected chi connectivity index (χ4v) is 1.78. The first kappa shape index (κ1) is 10.8. The van der Waals surface area contributed by atoms with E-state index in [2.05, 4.69) is 23.2 Å². The van der Waals surface area contributed by atoms with Gasteiger partial charge in [-0.2, -0.15) is 0 Å². The Morgan fingerprint density at radius 3 is 2.50 bits per heavy atom. The molecule has 0 aliphatic rings. The molecule has 2 heteroatoms. The fourth-order valence-electron chi connectivity index (χ4n) is 1.78. The van der Waals surface area contributed by atoms with E-state index in [1.807, 2.05) is 38.2 Å². The van der Waals surface area contributed by atoms with Crippen molar-refractivity contribution in [2.75, 3.05) is 0 Å². The summed E-state index contributed by atoms with van der Waals surface area (Å²) >= 11 is 0. The molecule has 16 heavy (non-hydrogen) atoms. The van der Waals surface area contributed by atoms with Crippen molar-refractivity contribution >= 4 is 0 Å². The Morgan fingerprint density at radius 2 is 1.88 bits per heavy atom. The van der Waals surface area contributed by atoms with E-state index < -0.39 is 0 Å². The molecule has 1 unspecified atom stereocenters. The third kappa shape index (κ3) is 2.12. The van der Waals surface area contributed by atoms with Gasteiger partial charge in [0.15, 0.2) is 0 Å². The minimum atomic E-state index is 0.0394. The highest BCUT2D eigenvalue weighted by Gasteiger charge is 2.07. The van der Waals surface area contributed by atoms with E-state index in [1.54, 1.807) is 0 Å². The van der Waals surface area contributed by atoms with Crippen molar-refractivity contribution < 1.29 is 0 Å². The quantitative estimate of drug-likeness (QED) is 0.830. The molecular weight excluding hydrogens is 196 g/mol. The number of hydrogen-bond donors (Lipinski definition) is 1. The fraction of sp³-hybridized carbons (Fsp3) is 0.214. The molecular formula is C14H16N2. The van der Waals surface area contributed by atoms with Crippen LogP contribution in [0.15, 0.2) is 42.6 Å². The maximum absolute atomic E-state index is 5.96. The lowest BCUT2D eigenvalue weighted by molar-refractivity contribution is 0.820. The normalized spacial score (nSPS) is 12.4. The molecule has 1 aromatic carbocycles. The summed E-state index contributed by atoms with van der Waals surface area (Å²) in [6, 6.07) is 12.4. The summed E-state index contributed by atoms with van der Waals surface area (Å²) in [4.78, 5) is 4.32. The van der Waals surface area contributed by atoms with Crippen LogP contribution in [-0.4, -0.2) is 4.98 Å². The van der Waals surface area contributed by atoms with E-state index in [1.165, 1.54) is 5.56 Å². The van der Waals surface area contributed by atoms with Crippen molar-refractivity contribution in [2.24, 2.45) is 5.73 Å². The number of benzene rings is 1. The molecule has 0 saturated heterocycles. The standard InChI is InChI=1S/C14H16N2/c1-10-7-8-12(9-16-10)14-6-4-3-5-13(14)11(2)15/h3-9,11H,15H2,1-2H3. The van der Waals surface area contributed by atoms with Gasteiger partial charge in [0.05, 0.1) is 0 Å². The molecule has 2 nitrogen and oxygen atoms in total. The second-order valence-corrected chi connectivity index (χ2v) is 4.06. The molecule has 0 bridgehead atoms. The summed E-state index contributed by atoms with van der Waals surface area (Å²) in [7, 11) is 0. The summed E-state index contributed by atoms with van der Waals surface area (Å²) in [6.07, 6.45) is 1.90. The van der Waals surface area contributed by atoms with E-state index in [0.717, 1.165) is 16.8 Å². The Kier molecular flexibility index (Phi) is 3.02. The molecule has 0 saturated carbocycles. The van der Waals surface area contributed by atoms with Crippen LogP contribution < -0.4 is 5.73 Å². The lowest BCUT2D eigenvalue weighted by Gasteiger charge is -2.12. The average Bonchev–Trinajstić information content (AvgIpc) is 2.30. The summed E-state index contributed by atoms with van der Waals surface area (Å²) in [5.41, 5.74) is 10.4. The van der Waals surface area contributed by atoms with Crippen LogP contribution in [0.25, 0.3) is 11.1 Å². The van der Waals surface area contributed by atoms with E-state index in [0.29, 0.717) is 0 Å². The van der Waals surface area contributed by atoms with Gasteiger partial charge in [-0.25, -0.2) is 0 Å². The number of aryl methyl sites for hydroxylation is 1. The molecule has 1 aromatic heterocycles. The first-order chi connectivity index (χ1) is 7.68. The molecule has 0 aliphatic carbocycles. The number of nitrogens with two attached hydrogens (primary N) is 1. The van der Waals surface area contributed by atoms with Crippen molar-refractivity contribution in [3.05, 3.63) is 53.9 Å². The van der Waals surface area contributed by atoms with E-state index in [4.69, 9.17) is 5.73 Å². The zero-order valence-electron chi connectivity index (χ0n) is 9.64. The van der Waals surface area contributed by atoms with E-state index in [-0.39, 0.29) is 6.04 Å². The predicted octanol–water partition coefficient (Wildman–Crippen LogP) is 3.08. The number of hydrogen-bond acceptors (Lipinski definition) is 2. The molecule has 1 heterocycles. The van der Waals surface area contributed by atoms with Gasteiger partial charge in [0.2, 0.25) is 0 Å². The second kappa shape index (κ2) is 4.45. The van der Waals surface area contributed by atoms with Crippen molar-refractivity contribution in [3.8, 4) is 11.1 Å². The highest BCUT2D eigenvalue weighted by molar-refractivity contribution is 5.67. The van der Waals surface area contributed by atoms with Crippen LogP contribution >= 0.6 is 0 Å². The monoisotopic (exact) mass is 212 g/mol. The molecule has 0 spiro atoms. The van der Waals surface area contributed by atoms with E-state index in [9.17, 15) is 0 Å². The maximum Gasteiger partial charge on any atom is 0.0373 e. The maximum atomic E-state index is 5.96. The topological polar surface area (TPSA) is 38.9 Å². The molecule has 0 aliphatic heterocycles. The Bertz CT molecular complexity index is 472. The summed E-state index contributed by atoms with van der Waals surface area (Å²) in [5.74, 6) is 0. The number of rotatable bonds is 2. The molecule has 2 rings (SSSR count). The van der Waals surface area contributed by atoms with Crippen LogP contribution in [0.3, 0.4) is 0 Å². The molecule has 1 atom stereocenters. The zero-order chi connectivity index (χ0) is 11.5. The summed E-state index contributed by atoms with van der Waals surface area (Å²) in [5, 5.41) is 0. The smallest absolute Gasteiger partial charge is 0.0373 e. The van der Waals surface area contributed by atoms with Gasteiger partial charge in [0.1, 0.15) is 0 Å². The molecule has 82 valence electrons. The van der Waals surface area contributed by atoms with Gasteiger partial charge in [-0.05, 0) is 31.0 Å². The minimum absolute atomic E-state index is 0.0394. The number of aromatic nitrogens is 1. The van der Waals surface area contributed by atoms with Crippen LogP contribution in [0.4, 0.5) is 0 Å². The lowest BCUT2D eigenvalue weighted by atomic mass is 9.97. The SMILES string of the molecule is Cc1ccc(-c2ccccc2C(C)N)cn1. The van der Waals surface area contributed by atoms with Crippen LogP contribution in [0, 0.1) is 6.92 Å². The first-order valence-electron chi connectivity index (χ1n) is 5.46. The summed E-state index contributed by atoms with van der Waals surface area (Å²) < 4.78 is 0. The van der Waals surface area contributed by atoms with Crippen LogP contribution in [-0.2, 0) is 0 Å². The van der Waals surface area contributed by atoms with Gasteiger partial charge in [-0.1, -0.05) is 30.3 Å². The molecule has 2 aromatic rings. The predicted molar refractivity (Wildman–Crippen MR) is 67.0 cm³/mol. The Labute approximate surface area is 96.1 Å². The van der Waals surface area contributed by atoms with E-state index >= 15 is 0 Å². The van der Waals surface area contributed by atoms with Gasteiger partial charge in [-0.3, -0.25) is 4.98 Å². The molecule has 0 fully saturated rings.